The van der Waals surface area contributed by atoms with E-state index in [1.165, 1.54) is 6.08 Å². The Balaban J connectivity index is 2.19. The SMILES string of the molecule is CCN(CC)c1ccc(N=C2C=CC(=O)C(NC(=O)C(C)C)=C2)cc1. The number of carbonyl (C=O) groups excluding carboxylic acids is 2. The lowest BCUT2D eigenvalue weighted by molar-refractivity contribution is -0.124. The summed E-state index contributed by atoms with van der Waals surface area (Å²) in [5.41, 5.74) is 2.85. The standard InChI is InChI=1S/C20H25N3O2/c1-5-23(6-2)17-10-7-15(8-11-17)21-16-9-12-19(24)18(13-16)22-20(25)14(3)4/h7-14H,5-6H2,1-4H3,(H,22,25). The van der Waals surface area contributed by atoms with E-state index in [0.717, 1.165) is 24.5 Å². The molecular formula is C20H25N3O2. The van der Waals surface area contributed by atoms with E-state index < -0.39 is 0 Å². The number of aliphatic imine (C=N–C) groups is 1. The van der Waals surface area contributed by atoms with E-state index in [-0.39, 0.29) is 23.3 Å². The molecule has 0 radical (unpaired) electrons. The van der Waals surface area contributed by atoms with Gasteiger partial charge in [-0.25, -0.2) is 4.99 Å². The van der Waals surface area contributed by atoms with Crippen molar-refractivity contribution in [1.29, 1.82) is 0 Å². The van der Waals surface area contributed by atoms with Gasteiger partial charge in [-0.2, -0.15) is 0 Å². The van der Waals surface area contributed by atoms with Gasteiger partial charge in [-0.1, -0.05) is 13.8 Å². The van der Waals surface area contributed by atoms with Crippen LogP contribution in [0.3, 0.4) is 0 Å². The summed E-state index contributed by atoms with van der Waals surface area (Å²) in [5.74, 6) is -0.588. The van der Waals surface area contributed by atoms with Gasteiger partial charge in [-0.05, 0) is 56.3 Å². The number of amides is 1. The molecule has 132 valence electrons. The molecule has 1 aromatic rings. The van der Waals surface area contributed by atoms with Gasteiger partial charge in [0.05, 0.1) is 17.1 Å². The van der Waals surface area contributed by atoms with Crippen molar-refractivity contribution >= 4 is 28.8 Å². The first-order chi connectivity index (χ1) is 11.9. The molecule has 0 aromatic heterocycles. The zero-order chi connectivity index (χ0) is 18.4. The largest absolute Gasteiger partial charge is 0.372 e. The van der Waals surface area contributed by atoms with Crippen LogP contribution < -0.4 is 10.2 Å². The molecule has 0 unspecified atom stereocenters. The van der Waals surface area contributed by atoms with E-state index >= 15 is 0 Å². The van der Waals surface area contributed by atoms with Crippen LogP contribution in [0.25, 0.3) is 0 Å². The minimum absolute atomic E-state index is 0.183. The zero-order valence-electron chi connectivity index (χ0n) is 15.2. The highest BCUT2D eigenvalue weighted by Gasteiger charge is 2.16. The van der Waals surface area contributed by atoms with E-state index in [1.54, 1.807) is 26.0 Å². The van der Waals surface area contributed by atoms with Crippen LogP contribution in [0.15, 0.2) is 53.2 Å². The van der Waals surface area contributed by atoms with Crippen molar-refractivity contribution in [2.75, 3.05) is 18.0 Å². The van der Waals surface area contributed by atoms with Crippen molar-refractivity contribution in [1.82, 2.24) is 5.32 Å². The molecule has 0 bridgehead atoms. The van der Waals surface area contributed by atoms with E-state index in [0.29, 0.717) is 5.71 Å². The quantitative estimate of drug-likeness (QED) is 0.808. The van der Waals surface area contributed by atoms with Crippen molar-refractivity contribution in [2.24, 2.45) is 10.9 Å². The molecule has 5 heteroatoms. The van der Waals surface area contributed by atoms with Crippen LogP contribution in [-0.4, -0.2) is 30.5 Å². The summed E-state index contributed by atoms with van der Waals surface area (Å²) in [6.07, 6.45) is 4.70. The van der Waals surface area contributed by atoms with Gasteiger partial charge >= 0.3 is 0 Å². The fraction of sp³-hybridized carbons (Fsp3) is 0.350. The summed E-state index contributed by atoms with van der Waals surface area (Å²) in [4.78, 5) is 30.5. The van der Waals surface area contributed by atoms with Crippen LogP contribution in [0.2, 0.25) is 0 Å². The summed E-state index contributed by atoms with van der Waals surface area (Å²) < 4.78 is 0. The summed E-state index contributed by atoms with van der Waals surface area (Å²) in [6, 6.07) is 7.97. The second kappa shape index (κ2) is 8.42. The number of benzene rings is 1. The number of anilines is 1. The average molecular weight is 339 g/mol. The van der Waals surface area contributed by atoms with E-state index in [2.05, 4.69) is 29.1 Å². The monoisotopic (exact) mass is 339 g/mol. The Kier molecular flexibility index (Phi) is 6.28. The Morgan fingerprint density at radius 2 is 1.76 bits per heavy atom. The predicted molar refractivity (Wildman–Crippen MR) is 102 cm³/mol. The first-order valence-electron chi connectivity index (χ1n) is 8.63. The van der Waals surface area contributed by atoms with E-state index in [1.807, 2.05) is 24.3 Å². The topological polar surface area (TPSA) is 61.8 Å². The van der Waals surface area contributed by atoms with Gasteiger partial charge in [0.1, 0.15) is 0 Å². The maximum Gasteiger partial charge on any atom is 0.227 e. The lowest BCUT2D eigenvalue weighted by Crippen LogP contribution is -2.31. The highest BCUT2D eigenvalue weighted by atomic mass is 16.2. The number of nitrogens with one attached hydrogen (secondary N) is 1. The fourth-order valence-corrected chi connectivity index (χ4v) is 2.44. The zero-order valence-corrected chi connectivity index (χ0v) is 15.2. The number of rotatable bonds is 6. The van der Waals surface area contributed by atoms with Gasteiger partial charge in [0, 0.05) is 24.7 Å². The summed E-state index contributed by atoms with van der Waals surface area (Å²) >= 11 is 0. The van der Waals surface area contributed by atoms with Crippen LogP contribution in [0.4, 0.5) is 11.4 Å². The molecule has 0 spiro atoms. The molecule has 5 nitrogen and oxygen atoms in total. The summed E-state index contributed by atoms with van der Waals surface area (Å²) in [6.45, 7) is 9.73. The first kappa shape index (κ1) is 18.6. The number of carbonyl (C=O) groups is 2. The van der Waals surface area contributed by atoms with E-state index in [9.17, 15) is 9.59 Å². The molecular weight excluding hydrogens is 314 g/mol. The Morgan fingerprint density at radius 3 is 2.32 bits per heavy atom. The average Bonchev–Trinajstić information content (AvgIpc) is 2.60. The maximum atomic E-state index is 11.9. The normalized spacial score (nSPS) is 15.5. The molecule has 0 fully saturated rings. The van der Waals surface area contributed by atoms with Gasteiger partial charge in [0.25, 0.3) is 0 Å². The Hall–Kier alpha value is -2.69. The molecule has 0 aliphatic heterocycles. The predicted octanol–water partition coefficient (Wildman–Crippen LogP) is 3.40. The number of hydrogen-bond acceptors (Lipinski definition) is 4. The van der Waals surface area contributed by atoms with Gasteiger partial charge in [-0.15, -0.1) is 0 Å². The fourth-order valence-electron chi connectivity index (χ4n) is 2.44. The lowest BCUT2D eigenvalue weighted by atomic mass is 10.1. The Labute approximate surface area is 149 Å². The third-order valence-corrected chi connectivity index (χ3v) is 3.98. The highest BCUT2D eigenvalue weighted by Crippen LogP contribution is 2.20. The molecule has 0 saturated carbocycles. The molecule has 0 heterocycles. The van der Waals surface area contributed by atoms with Crippen molar-refractivity contribution in [3.63, 3.8) is 0 Å². The molecule has 0 saturated heterocycles. The van der Waals surface area contributed by atoms with E-state index in [4.69, 9.17) is 0 Å². The van der Waals surface area contributed by atoms with Crippen LogP contribution in [0.5, 0.6) is 0 Å². The smallest absolute Gasteiger partial charge is 0.227 e. The van der Waals surface area contributed by atoms with Gasteiger partial charge in [0.15, 0.2) is 0 Å². The first-order valence-corrected chi connectivity index (χ1v) is 8.63. The number of nitrogens with zero attached hydrogens (tertiary/aromatic N) is 2. The van der Waals surface area contributed by atoms with Gasteiger partial charge in [0.2, 0.25) is 11.7 Å². The third kappa shape index (κ3) is 4.89. The highest BCUT2D eigenvalue weighted by molar-refractivity contribution is 6.20. The number of hydrogen-bond donors (Lipinski definition) is 1. The molecule has 1 amide bonds. The molecule has 1 aliphatic rings. The summed E-state index contributed by atoms with van der Waals surface area (Å²) in [7, 11) is 0. The van der Waals surface area contributed by atoms with Crippen LogP contribution >= 0.6 is 0 Å². The Bertz CT molecular complexity index is 724. The second-order valence-corrected chi connectivity index (χ2v) is 6.12. The minimum Gasteiger partial charge on any atom is -0.372 e. The van der Waals surface area contributed by atoms with Crippen molar-refractivity contribution in [2.45, 2.75) is 27.7 Å². The van der Waals surface area contributed by atoms with Crippen LogP contribution in [-0.2, 0) is 9.59 Å². The summed E-state index contributed by atoms with van der Waals surface area (Å²) in [5, 5.41) is 2.66. The van der Waals surface area contributed by atoms with Gasteiger partial charge < -0.3 is 10.2 Å². The van der Waals surface area contributed by atoms with Crippen molar-refractivity contribution < 1.29 is 9.59 Å². The number of ketones is 1. The molecule has 25 heavy (non-hydrogen) atoms. The maximum absolute atomic E-state index is 11.9. The number of allylic oxidation sites excluding steroid dienone is 3. The van der Waals surface area contributed by atoms with Crippen LogP contribution in [0.1, 0.15) is 27.7 Å². The molecule has 1 aliphatic carbocycles. The second-order valence-electron chi connectivity index (χ2n) is 6.12. The molecule has 1 N–H and O–H groups in total. The van der Waals surface area contributed by atoms with Crippen molar-refractivity contribution in [3.05, 3.63) is 48.2 Å². The van der Waals surface area contributed by atoms with Crippen LogP contribution in [0, 0.1) is 5.92 Å². The Morgan fingerprint density at radius 1 is 1.12 bits per heavy atom. The minimum atomic E-state index is -0.218. The molecule has 2 rings (SSSR count). The third-order valence-electron chi connectivity index (χ3n) is 3.98. The lowest BCUT2D eigenvalue weighted by Gasteiger charge is -2.20. The van der Waals surface area contributed by atoms with Crippen molar-refractivity contribution in [3.8, 4) is 0 Å². The molecule has 1 aromatic carbocycles. The molecule has 0 atom stereocenters. The van der Waals surface area contributed by atoms with Gasteiger partial charge in [-0.3, -0.25) is 9.59 Å².